The van der Waals surface area contributed by atoms with Crippen LogP contribution in [-0.2, 0) is 16.1 Å². The Labute approximate surface area is 175 Å². The van der Waals surface area contributed by atoms with Crippen molar-refractivity contribution >= 4 is 17.9 Å². The lowest BCUT2D eigenvalue weighted by atomic mass is 10.1. The number of carbonyl (C=O) groups is 1. The summed E-state index contributed by atoms with van der Waals surface area (Å²) < 4.78 is 16.7. The van der Waals surface area contributed by atoms with Crippen LogP contribution in [0.1, 0.15) is 22.3 Å². The third kappa shape index (κ3) is 4.41. The molecule has 3 aromatic carbocycles. The quantitative estimate of drug-likeness (QED) is 0.436. The van der Waals surface area contributed by atoms with E-state index in [1.807, 2.05) is 73.7 Å². The number of aliphatic imine (C=N–C) groups is 1. The molecule has 5 nitrogen and oxygen atoms in total. The SMILES string of the molecule is COc1cc(/C=C2\N=C(c3cccc(C)c3)OC2=O)ccc1OCc1ccccc1. The van der Waals surface area contributed by atoms with Gasteiger partial charge in [0.05, 0.1) is 7.11 Å². The van der Waals surface area contributed by atoms with Gasteiger partial charge >= 0.3 is 5.97 Å². The van der Waals surface area contributed by atoms with E-state index < -0.39 is 5.97 Å². The van der Waals surface area contributed by atoms with E-state index in [0.29, 0.717) is 24.0 Å². The van der Waals surface area contributed by atoms with Gasteiger partial charge in [0.25, 0.3) is 0 Å². The van der Waals surface area contributed by atoms with Crippen LogP contribution in [-0.4, -0.2) is 19.0 Å². The van der Waals surface area contributed by atoms with Crippen LogP contribution in [0.15, 0.2) is 83.5 Å². The number of nitrogens with zero attached hydrogens (tertiary/aromatic N) is 1. The molecule has 0 saturated heterocycles. The average Bonchev–Trinajstić information content (AvgIpc) is 3.13. The lowest BCUT2D eigenvalue weighted by Crippen LogP contribution is -2.05. The number of rotatable bonds is 6. The van der Waals surface area contributed by atoms with Gasteiger partial charge in [0, 0.05) is 5.56 Å². The molecule has 0 bridgehead atoms. The van der Waals surface area contributed by atoms with Gasteiger partial charge in [0.1, 0.15) is 6.61 Å². The van der Waals surface area contributed by atoms with Crippen LogP contribution in [0.3, 0.4) is 0 Å². The summed E-state index contributed by atoms with van der Waals surface area (Å²) in [5, 5.41) is 0. The third-order valence-corrected chi connectivity index (χ3v) is 4.61. The van der Waals surface area contributed by atoms with E-state index in [1.54, 1.807) is 19.3 Å². The second kappa shape index (κ2) is 8.66. The monoisotopic (exact) mass is 399 g/mol. The van der Waals surface area contributed by atoms with Crippen LogP contribution in [0.25, 0.3) is 6.08 Å². The molecule has 0 unspecified atom stereocenters. The average molecular weight is 399 g/mol. The van der Waals surface area contributed by atoms with Crippen molar-refractivity contribution in [1.82, 2.24) is 0 Å². The summed E-state index contributed by atoms with van der Waals surface area (Å²) in [7, 11) is 1.58. The Morgan fingerprint density at radius 3 is 2.57 bits per heavy atom. The second-order valence-electron chi connectivity index (χ2n) is 6.89. The minimum atomic E-state index is -0.477. The smallest absolute Gasteiger partial charge is 0.363 e. The largest absolute Gasteiger partial charge is 0.493 e. The van der Waals surface area contributed by atoms with Gasteiger partial charge in [-0.1, -0.05) is 54.1 Å². The van der Waals surface area contributed by atoms with Crippen LogP contribution in [0, 0.1) is 6.92 Å². The molecule has 0 aliphatic carbocycles. The van der Waals surface area contributed by atoms with E-state index in [-0.39, 0.29) is 5.70 Å². The van der Waals surface area contributed by atoms with Crippen LogP contribution < -0.4 is 9.47 Å². The van der Waals surface area contributed by atoms with Gasteiger partial charge in [-0.3, -0.25) is 0 Å². The molecule has 3 aromatic rings. The van der Waals surface area contributed by atoms with Gasteiger partial charge in [0.2, 0.25) is 5.90 Å². The van der Waals surface area contributed by atoms with Gasteiger partial charge in [-0.25, -0.2) is 9.79 Å². The van der Waals surface area contributed by atoms with Crippen molar-refractivity contribution in [3.8, 4) is 11.5 Å². The zero-order valence-corrected chi connectivity index (χ0v) is 16.8. The highest BCUT2D eigenvalue weighted by Gasteiger charge is 2.24. The predicted octanol–water partition coefficient (Wildman–Crippen LogP) is 4.93. The van der Waals surface area contributed by atoms with Crippen molar-refractivity contribution in [3.05, 3.63) is 101 Å². The molecular weight excluding hydrogens is 378 g/mol. The zero-order valence-electron chi connectivity index (χ0n) is 16.8. The normalized spacial score (nSPS) is 14.4. The highest BCUT2D eigenvalue weighted by atomic mass is 16.6. The first-order valence-electron chi connectivity index (χ1n) is 9.57. The molecule has 0 amide bonds. The first kappa shape index (κ1) is 19.5. The number of cyclic esters (lactones) is 1. The van der Waals surface area contributed by atoms with Crippen LogP contribution in [0.4, 0.5) is 0 Å². The first-order chi connectivity index (χ1) is 14.6. The van der Waals surface area contributed by atoms with Crippen molar-refractivity contribution in [3.63, 3.8) is 0 Å². The number of methoxy groups -OCH3 is 1. The molecule has 0 atom stereocenters. The summed E-state index contributed by atoms with van der Waals surface area (Å²) in [4.78, 5) is 16.6. The molecule has 0 fully saturated rings. The molecule has 0 spiro atoms. The number of carbonyl (C=O) groups excluding carboxylic acids is 1. The number of hydrogen-bond donors (Lipinski definition) is 0. The van der Waals surface area contributed by atoms with Crippen molar-refractivity contribution in [2.24, 2.45) is 4.99 Å². The van der Waals surface area contributed by atoms with Crippen molar-refractivity contribution in [2.75, 3.05) is 7.11 Å². The van der Waals surface area contributed by atoms with Gasteiger partial charge in [-0.15, -0.1) is 0 Å². The molecule has 1 aliphatic rings. The van der Waals surface area contributed by atoms with Crippen molar-refractivity contribution in [1.29, 1.82) is 0 Å². The van der Waals surface area contributed by atoms with E-state index in [4.69, 9.17) is 14.2 Å². The van der Waals surface area contributed by atoms with Gasteiger partial charge < -0.3 is 14.2 Å². The van der Waals surface area contributed by atoms with E-state index in [9.17, 15) is 4.79 Å². The third-order valence-electron chi connectivity index (χ3n) is 4.61. The summed E-state index contributed by atoms with van der Waals surface area (Å²) in [6.45, 7) is 2.42. The number of hydrogen-bond acceptors (Lipinski definition) is 5. The van der Waals surface area contributed by atoms with Crippen LogP contribution >= 0.6 is 0 Å². The minimum absolute atomic E-state index is 0.242. The molecule has 0 saturated carbocycles. The molecular formula is C25H21NO4. The van der Waals surface area contributed by atoms with Gasteiger partial charge in [-0.2, -0.15) is 0 Å². The predicted molar refractivity (Wildman–Crippen MR) is 116 cm³/mol. The van der Waals surface area contributed by atoms with E-state index >= 15 is 0 Å². The Kier molecular flexibility index (Phi) is 5.61. The summed E-state index contributed by atoms with van der Waals surface area (Å²) in [5.74, 6) is 1.04. The Hall–Kier alpha value is -3.86. The molecule has 150 valence electrons. The second-order valence-corrected chi connectivity index (χ2v) is 6.89. The molecule has 0 aromatic heterocycles. The Balaban J connectivity index is 1.55. The summed E-state index contributed by atoms with van der Waals surface area (Å²) in [6.07, 6.45) is 1.68. The summed E-state index contributed by atoms with van der Waals surface area (Å²) in [6, 6.07) is 23.1. The van der Waals surface area contributed by atoms with Gasteiger partial charge in [0.15, 0.2) is 17.2 Å². The van der Waals surface area contributed by atoms with E-state index in [0.717, 1.165) is 22.3 Å². The highest BCUT2D eigenvalue weighted by Crippen LogP contribution is 2.30. The summed E-state index contributed by atoms with van der Waals surface area (Å²) in [5.41, 5.74) is 3.91. The maximum atomic E-state index is 12.3. The zero-order chi connectivity index (χ0) is 20.9. The molecule has 0 N–H and O–H groups in total. The number of benzene rings is 3. The minimum Gasteiger partial charge on any atom is -0.493 e. The van der Waals surface area contributed by atoms with Gasteiger partial charge in [-0.05, 0) is 48.4 Å². The topological polar surface area (TPSA) is 57.1 Å². The molecule has 0 radical (unpaired) electrons. The number of aryl methyl sites for hydroxylation is 1. The van der Waals surface area contributed by atoms with Crippen molar-refractivity contribution in [2.45, 2.75) is 13.5 Å². The lowest BCUT2D eigenvalue weighted by Gasteiger charge is -2.11. The highest BCUT2D eigenvalue weighted by molar-refractivity contribution is 6.12. The van der Waals surface area contributed by atoms with Crippen molar-refractivity contribution < 1.29 is 19.0 Å². The standard InChI is InChI=1S/C25H21NO4/c1-17-7-6-10-20(13-17)24-26-21(25(27)30-24)14-19-11-12-22(23(15-19)28-2)29-16-18-8-4-3-5-9-18/h3-15H,16H2,1-2H3/b21-14-. The Morgan fingerprint density at radius 2 is 1.80 bits per heavy atom. The molecule has 5 heteroatoms. The fourth-order valence-corrected chi connectivity index (χ4v) is 3.10. The molecule has 30 heavy (non-hydrogen) atoms. The lowest BCUT2D eigenvalue weighted by molar-refractivity contribution is -0.129. The number of ether oxygens (including phenoxy) is 3. The molecule has 1 aliphatic heterocycles. The molecule has 1 heterocycles. The van der Waals surface area contributed by atoms with Crippen LogP contribution in [0.2, 0.25) is 0 Å². The van der Waals surface area contributed by atoms with E-state index in [2.05, 4.69) is 4.99 Å². The fourth-order valence-electron chi connectivity index (χ4n) is 3.10. The fraction of sp³-hybridized carbons (Fsp3) is 0.120. The number of esters is 1. The molecule has 4 rings (SSSR count). The first-order valence-corrected chi connectivity index (χ1v) is 9.57. The maximum Gasteiger partial charge on any atom is 0.363 e. The Morgan fingerprint density at radius 1 is 0.967 bits per heavy atom. The Bertz CT molecular complexity index is 1130. The van der Waals surface area contributed by atoms with E-state index in [1.165, 1.54) is 0 Å². The summed E-state index contributed by atoms with van der Waals surface area (Å²) >= 11 is 0. The van der Waals surface area contributed by atoms with Crippen LogP contribution in [0.5, 0.6) is 11.5 Å². The maximum absolute atomic E-state index is 12.3.